The third-order valence-corrected chi connectivity index (χ3v) is 4.55. The van der Waals surface area contributed by atoms with Crippen molar-refractivity contribution in [3.05, 3.63) is 88.9 Å². The number of likely N-dealkylation sites (N-methyl/N-ethyl adjacent to an activating group) is 1. The molecule has 0 aliphatic heterocycles. The van der Waals surface area contributed by atoms with Crippen molar-refractivity contribution in [1.82, 2.24) is 5.32 Å². The molecule has 2 amide bonds. The largest absolute Gasteiger partial charge is 0.488 e. The topological polar surface area (TPSA) is 76.7 Å². The molecule has 0 heterocycles. The molecule has 0 saturated carbocycles. The van der Waals surface area contributed by atoms with Crippen LogP contribution in [0.3, 0.4) is 0 Å². The second kappa shape index (κ2) is 11.0. The van der Waals surface area contributed by atoms with E-state index < -0.39 is 0 Å². The summed E-state index contributed by atoms with van der Waals surface area (Å²) in [4.78, 5) is 24.2. The number of halogens is 1. The van der Waals surface area contributed by atoms with E-state index >= 15 is 0 Å². The molecule has 0 aromatic heterocycles. The molecule has 0 bridgehead atoms. The first kappa shape index (κ1) is 22.2. The molecular weight excluding hydrogens is 416 g/mol. The summed E-state index contributed by atoms with van der Waals surface area (Å²) < 4.78 is 11.3. The Balaban J connectivity index is 1.60. The number of nitrogens with one attached hydrogen (secondary N) is 2. The van der Waals surface area contributed by atoms with Gasteiger partial charge in [-0.2, -0.15) is 0 Å². The molecule has 3 aromatic rings. The Morgan fingerprint density at radius 2 is 1.61 bits per heavy atom. The van der Waals surface area contributed by atoms with E-state index in [1.807, 2.05) is 25.1 Å². The monoisotopic (exact) mass is 438 g/mol. The minimum absolute atomic E-state index is 0.0577. The molecule has 0 fully saturated rings. The highest BCUT2D eigenvalue weighted by Crippen LogP contribution is 2.22. The molecule has 160 valence electrons. The van der Waals surface area contributed by atoms with E-state index in [-0.39, 0.29) is 18.4 Å². The number of para-hydroxylation sites is 1. The summed E-state index contributed by atoms with van der Waals surface area (Å²) in [6.07, 6.45) is 0. The average Bonchev–Trinajstić information content (AvgIpc) is 2.78. The van der Waals surface area contributed by atoms with Gasteiger partial charge in [0.2, 0.25) is 0 Å². The molecule has 7 heteroatoms. The second-order valence-electron chi connectivity index (χ2n) is 6.63. The smallest absolute Gasteiger partial charge is 0.259 e. The van der Waals surface area contributed by atoms with Crippen molar-refractivity contribution in [2.45, 2.75) is 13.5 Å². The molecule has 0 aliphatic carbocycles. The molecule has 3 aromatic carbocycles. The van der Waals surface area contributed by atoms with Crippen molar-refractivity contribution < 1.29 is 19.1 Å². The van der Waals surface area contributed by atoms with Crippen LogP contribution in [0.2, 0.25) is 5.02 Å². The van der Waals surface area contributed by atoms with Gasteiger partial charge in [-0.25, -0.2) is 0 Å². The average molecular weight is 439 g/mol. The van der Waals surface area contributed by atoms with Crippen LogP contribution >= 0.6 is 11.6 Å². The molecule has 0 saturated heterocycles. The van der Waals surface area contributed by atoms with E-state index in [2.05, 4.69) is 10.6 Å². The molecule has 0 radical (unpaired) electrons. The maximum atomic E-state index is 12.8. The van der Waals surface area contributed by atoms with Crippen LogP contribution in [0.5, 0.6) is 11.5 Å². The van der Waals surface area contributed by atoms with Crippen LogP contribution in [0.1, 0.15) is 22.8 Å². The number of hydrogen-bond donors (Lipinski definition) is 2. The van der Waals surface area contributed by atoms with E-state index in [1.54, 1.807) is 54.6 Å². The van der Waals surface area contributed by atoms with E-state index in [0.29, 0.717) is 40.9 Å². The summed E-state index contributed by atoms with van der Waals surface area (Å²) in [7, 11) is 0. The Hall–Kier alpha value is -3.51. The molecule has 6 nitrogen and oxygen atoms in total. The van der Waals surface area contributed by atoms with Gasteiger partial charge in [0.05, 0.1) is 5.56 Å². The third-order valence-electron chi connectivity index (χ3n) is 4.30. The van der Waals surface area contributed by atoms with Crippen molar-refractivity contribution in [1.29, 1.82) is 0 Å². The Kier molecular flexibility index (Phi) is 7.90. The first-order chi connectivity index (χ1) is 15.0. The fraction of sp³-hybridized carbons (Fsp3) is 0.167. The Morgan fingerprint density at radius 1 is 0.903 bits per heavy atom. The third kappa shape index (κ3) is 6.76. The van der Waals surface area contributed by atoms with Gasteiger partial charge in [-0.3, -0.25) is 9.59 Å². The van der Waals surface area contributed by atoms with Gasteiger partial charge < -0.3 is 20.1 Å². The quantitative estimate of drug-likeness (QED) is 0.508. The highest BCUT2D eigenvalue weighted by molar-refractivity contribution is 6.30. The van der Waals surface area contributed by atoms with Crippen LogP contribution < -0.4 is 20.1 Å². The van der Waals surface area contributed by atoms with Crippen LogP contribution in [0.15, 0.2) is 72.8 Å². The lowest BCUT2D eigenvalue weighted by Crippen LogP contribution is -2.28. The number of rotatable bonds is 9. The van der Waals surface area contributed by atoms with Crippen LogP contribution in [0.4, 0.5) is 5.69 Å². The lowest BCUT2D eigenvalue weighted by Gasteiger charge is -2.12. The fourth-order valence-electron chi connectivity index (χ4n) is 2.75. The predicted octanol–water partition coefficient (Wildman–Crippen LogP) is 4.69. The summed E-state index contributed by atoms with van der Waals surface area (Å²) in [5, 5.41) is 6.16. The zero-order chi connectivity index (χ0) is 22.1. The van der Waals surface area contributed by atoms with Crippen LogP contribution in [0.25, 0.3) is 0 Å². The van der Waals surface area contributed by atoms with Gasteiger partial charge in [0.1, 0.15) is 18.1 Å². The number of ether oxygens (including phenoxy) is 2. The highest BCUT2D eigenvalue weighted by atomic mass is 35.5. The molecule has 0 spiro atoms. The Labute approximate surface area is 186 Å². The summed E-state index contributed by atoms with van der Waals surface area (Å²) in [5.74, 6) is 0.547. The van der Waals surface area contributed by atoms with Crippen LogP contribution in [-0.2, 0) is 11.4 Å². The van der Waals surface area contributed by atoms with Crippen molar-refractivity contribution >= 4 is 29.1 Å². The minimum Gasteiger partial charge on any atom is -0.488 e. The number of anilines is 1. The molecule has 0 aliphatic rings. The first-order valence-electron chi connectivity index (χ1n) is 9.82. The maximum Gasteiger partial charge on any atom is 0.259 e. The summed E-state index contributed by atoms with van der Waals surface area (Å²) in [5.41, 5.74) is 1.97. The lowest BCUT2D eigenvalue weighted by molar-refractivity contribution is -0.122. The lowest BCUT2D eigenvalue weighted by atomic mass is 10.1. The summed E-state index contributed by atoms with van der Waals surface area (Å²) in [6, 6.07) is 21.2. The van der Waals surface area contributed by atoms with Crippen molar-refractivity contribution in [3.8, 4) is 11.5 Å². The van der Waals surface area contributed by atoms with Crippen LogP contribution in [0, 0.1) is 0 Å². The molecule has 2 N–H and O–H groups in total. The van der Waals surface area contributed by atoms with Gasteiger partial charge in [-0.05, 0) is 61.0 Å². The highest BCUT2D eigenvalue weighted by Gasteiger charge is 2.13. The minimum atomic E-state index is -0.289. The summed E-state index contributed by atoms with van der Waals surface area (Å²) in [6.45, 7) is 2.66. The number of benzene rings is 3. The fourth-order valence-corrected chi connectivity index (χ4v) is 2.88. The molecule has 3 rings (SSSR count). The second-order valence-corrected chi connectivity index (χ2v) is 7.07. The molecule has 0 atom stereocenters. The maximum absolute atomic E-state index is 12.8. The van der Waals surface area contributed by atoms with Gasteiger partial charge in [0.15, 0.2) is 6.61 Å². The van der Waals surface area contributed by atoms with E-state index in [0.717, 1.165) is 5.56 Å². The number of hydrogen-bond acceptors (Lipinski definition) is 4. The predicted molar refractivity (Wildman–Crippen MR) is 121 cm³/mol. The van der Waals surface area contributed by atoms with E-state index in [1.165, 1.54) is 0 Å². The molecule has 31 heavy (non-hydrogen) atoms. The van der Waals surface area contributed by atoms with E-state index in [4.69, 9.17) is 21.1 Å². The van der Waals surface area contributed by atoms with Crippen molar-refractivity contribution in [3.63, 3.8) is 0 Å². The van der Waals surface area contributed by atoms with Gasteiger partial charge in [-0.15, -0.1) is 0 Å². The zero-order valence-corrected chi connectivity index (χ0v) is 17.8. The Morgan fingerprint density at radius 3 is 2.32 bits per heavy atom. The number of carbonyl (C=O) groups excluding carboxylic acids is 2. The standard InChI is InChI=1S/C24H23ClN2O4/c1-2-26-23(28)16-30-20-13-11-19(12-14-20)27-24(29)21-5-3-4-6-22(21)31-15-17-7-9-18(25)10-8-17/h3-14H,2,15-16H2,1H3,(H,26,28)(H,27,29). The van der Waals surface area contributed by atoms with Crippen molar-refractivity contribution in [2.75, 3.05) is 18.5 Å². The Bertz CT molecular complexity index is 1020. The normalized spacial score (nSPS) is 10.3. The van der Waals surface area contributed by atoms with Gasteiger partial charge in [0, 0.05) is 17.3 Å². The van der Waals surface area contributed by atoms with Gasteiger partial charge >= 0.3 is 0 Å². The van der Waals surface area contributed by atoms with E-state index in [9.17, 15) is 9.59 Å². The SMILES string of the molecule is CCNC(=O)COc1ccc(NC(=O)c2ccccc2OCc2ccc(Cl)cc2)cc1. The molecule has 0 unspecified atom stereocenters. The number of amides is 2. The van der Waals surface area contributed by atoms with Gasteiger partial charge in [-0.1, -0.05) is 35.9 Å². The van der Waals surface area contributed by atoms with Crippen LogP contribution in [-0.4, -0.2) is 25.0 Å². The summed E-state index contributed by atoms with van der Waals surface area (Å²) >= 11 is 5.91. The zero-order valence-electron chi connectivity index (χ0n) is 17.1. The number of carbonyl (C=O) groups is 2. The van der Waals surface area contributed by atoms with Crippen molar-refractivity contribution in [2.24, 2.45) is 0 Å². The molecular formula is C24H23ClN2O4. The van der Waals surface area contributed by atoms with Gasteiger partial charge in [0.25, 0.3) is 11.8 Å². The first-order valence-corrected chi connectivity index (χ1v) is 10.2.